The maximum Gasteiger partial charge on any atom is 0.340 e. The lowest BCUT2D eigenvalue weighted by Crippen LogP contribution is -2.46. The van der Waals surface area contributed by atoms with Crippen LogP contribution in [0.3, 0.4) is 0 Å². The van der Waals surface area contributed by atoms with Crippen molar-refractivity contribution in [1.82, 2.24) is 0 Å². The SMILES string of the molecule is CC(C)[C@]1(N=C=O)CCCC[C@@](N=C=O)(C(C)C)C(=O)Oc2c(N3CCCCC3)cc(O)c(c2N(C)C)OC1=O. The lowest BCUT2D eigenvalue weighted by atomic mass is 9.79. The third-order valence-electron chi connectivity index (χ3n) is 8.18. The molecule has 11 nitrogen and oxygen atoms in total. The van der Waals surface area contributed by atoms with Crippen LogP contribution in [0.4, 0.5) is 11.4 Å². The van der Waals surface area contributed by atoms with Crippen LogP contribution in [0.15, 0.2) is 16.1 Å². The van der Waals surface area contributed by atoms with E-state index in [0.29, 0.717) is 31.6 Å². The fourth-order valence-corrected chi connectivity index (χ4v) is 5.61. The van der Waals surface area contributed by atoms with Gasteiger partial charge in [-0.05, 0) is 43.9 Å². The Balaban J connectivity index is 2.37. The van der Waals surface area contributed by atoms with Crippen LogP contribution in [-0.4, -0.2) is 67.5 Å². The molecule has 2 aliphatic heterocycles. The van der Waals surface area contributed by atoms with Crippen LogP contribution < -0.4 is 19.3 Å². The number of isocyanates is 2. The molecule has 218 valence electrons. The highest BCUT2D eigenvalue weighted by atomic mass is 16.6. The third-order valence-corrected chi connectivity index (χ3v) is 8.18. The molecule has 3 rings (SSSR count). The van der Waals surface area contributed by atoms with Crippen LogP contribution in [0.25, 0.3) is 0 Å². The van der Waals surface area contributed by atoms with Gasteiger partial charge in [-0.3, -0.25) is 0 Å². The maximum atomic E-state index is 14.0. The Hall–Kier alpha value is -3.68. The number of nitrogens with zero attached hydrogens (tertiary/aromatic N) is 4. The number of piperidine rings is 1. The second-order valence-electron chi connectivity index (χ2n) is 11.4. The van der Waals surface area contributed by atoms with Crippen LogP contribution in [0.5, 0.6) is 17.2 Å². The van der Waals surface area contributed by atoms with Gasteiger partial charge >= 0.3 is 11.9 Å². The van der Waals surface area contributed by atoms with Gasteiger partial charge in [0.05, 0.1) is 5.69 Å². The normalized spacial score (nSPS) is 24.1. The van der Waals surface area contributed by atoms with E-state index in [1.54, 1.807) is 52.8 Å². The second-order valence-corrected chi connectivity index (χ2v) is 11.4. The molecule has 1 fully saturated rings. The highest BCUT2D eigenvalue weighted by molar-refractivity contribution is 5.93. The number of rotatable bonds is 6. The summed E-state index contributed by atoms with van der Waals surface area (Å²) in [5.74, 6) is -2.92. The molecule has 0 amide bonds. The highest BCUT2D eigenvalue weighted by Gasteiger charge is 2.48. The predicted octanol–water partition coefficient (Wildman–Crippen LogP) is 4.29. The molecule has 2 atom stereocenters. The van der Waals surface area contributed by atoms with Gasteiger partial charge in [0, 0.05) is 33.3 Å². The Bertz CT molecular complexity index is 1210. The molecule has 0 radical (unpaired) electrons. The minimum Gasteiger partial charge on any atom is -0.504 e. The largest absolute Gasteiger partial charge is 0.504 e. The standard InChI is InChI=1S/C29H40N4O7/c1-19(2)28(30-17-34)12-8-9-13-29(20(3)4,31-18-35)27(38)40-25-22(36)16-21(33-14-10-7-11-15-33)24(39-26(28)37)23(25)32(5)6/h16,19-20,36H,7-15H2,1-6H3/t28-,29-/m1/s1. The van der Waals surface area contributed by atoms with E-state index in [1.807, 2.05) is 4.90 Å². The van der Waals surface area contributed by atoms with Crippen molar-refractivity contribution < 1.29 is 33.8 Å². The van der Waals surface area contributed by atoms with E-state index in [1.165, 1.54) is 12.1 Å². The summed E-state index contributed by atoms with van der Waals surface area (Å²) in [6.07, 6.45) is 6.97. The number of benzene rings is 1. The van der Waals surface area contributed by atoms with E-state index in [0.717, 1.165) is 19.3 Å². The Kier molecular flexibility index (Phi) is 9.77. The van der Waals surface area contributed by atoms with Gasteiger partial charge in [-0.1, -0.05) is 40.5 Å². The van der Waals surface area contributed by atoms with Gasteiger partial charge < -0.3 is 24.4 Å². The van der Waals surface area contributed by atoms with Gasteiger partial charge in [0.25, 0.3) is 0 Å². The molecule has 11 heteroatoms. The number of phenols is 1. The zero-order valence-electron chi connectivity index (χ0n) is 24.3. The van der Waals surface area contributed by atoms with E-state index in [-0.39, 0.29) is 35.8 Å². The van der Waals surface area contributed by atoms with Crippen LogP contribution in [0.2, 0.25) is 0 Å². The number of aliphatic imine (C=N–C) groups is 2. The van der Waals surface area contributed by atoms with Crippen molar-refractivity contribution in [2.75, 3.05) is 37.0 Å². The Labute approximate surface area is 235 Å². The first kappa shape index (κ1) is 30.9. The van der Waals surface area contributed by atoms with Gasteiger partial charge in [-0.25, -0.2) is 19.2 Å². The van der Waals surface area contributed by atoms with E-state index < -0.39 is 34.9 Å². The van der Waals surface area contributed by atoms with Crippen LogP contribution in [-0.2, 0) is 19.2 Å². The topological polar surface area (TPSA) is 138 Å². The first-order valence-electron chi connectivity index (χ1n) is 13.9. The van der Waals surface area contributed by atoms with Gasteiger partial charge in [0.1, 0.15) is 5.69 Å². The van der Waals surface area contributed by atoms with Gasteiger partial charge in [0.15, 0.2) is 28.3 Å². The van der Waals surface area contributed by atoms with Crippen molar-refractivity contribution >= 4 is 35.5 Å². The number of esters is 2. The van der Waals surface area contributed by atoms with Crippen molar-refractivity contribution in [3.8, 4) is 17.2 Å². The first-order valence-corrected chi connectivity index (χ1v) is 13.9. The summed E-state index contributed by atoms with van der Waals surface area (Å²) in [4.78, 5) is 62.5. The number of anilines is 2. The molecule has 2 heterocycles. The zero-order chi connectivity index (χ0) is 29.7. The summed E-state index contributed by atoms with van der Waals surface area (Å²) in [5.41, 5.74) is -2.52. The van der Waals surface area contributed by atoms with Gasteiger partial charge in [-0.15, -0.1) is 0 Å². The Morgan fingerprint density at radius 2 is 1.32 bits per heavy atom. The molecule has 0 aromatic heterocycles. The lowest BCUT2D eigenvalue weighted by molar-refractivity contribution is -0.143. The van der Waals surface area contributed by atoms with Gasteiger partial charge in [0.2, 0.25) is 12.2 Å². The van der Waals surface area contributed by atoms with E-state index in [2.05, 4.69) is 9.98 Å². The quantitative estimate of drug-likeness (QED) is 0.235. The molecule has 0 saturated carbocycles. The molecule has 1 saturated heterocycles. The Morgan fingerprint density at radius 3 is 1.75 bits per heavy atom. The summed E-state index contributed by atoms with van der Waals surface area (Å²) >= 11 is 0. The highest BCUT2D eigenvalue weighted by Crippen LogP contribution is 2.52. The fraction of sp³-hybridized carbons (Fsp3) is 0.655. The predicted molar refractivity (Wildman–Crippen MR) is 150 cm³/mol. The molecule has 0 unspecified atom stereocenters. The van der Waals surface area contributed by atoms with Crippen molar-refractivity contribution in [3.63, 3.8) is 0 Å². The molecular weight excluding hydrogens is 516 g/mol. The first-order chi connectivity index (χ1) is 18.9. The number of phenolic OH excluding ortho intramolecular Hbond substituents is 1. The third kappa shape index (κ3) is 5.76. The molecule has 2 bridgehead atoms. The molecule has 1 aromatic carbocycles. The molecule has 1 aromatic rings. The van der Waals surface area contributed by atoms with E-state index >= 15 is 0 Å². The lowest BCUT2D eigenvalue weighted by Gasteiger charge is -2.34. The van der Waals surface area contributed by atoms with Crippen molar-refractivity contribution in [2.24, 2.45) is 21.8 Å². The van der Waals surface area contributed by atoms with Crippen LogP contribution in [0.1, 0.15) is 72.6 Å². The van der Waals surface area contributed by atoms with E-state index in [9.17, 15) is 24.3 Å². The molecule has 2 aliphatic rings. The molecule has 0 aliphatic carbocycles. The molecule has 0 spiro atoms. The minimum atomic E-state index is -1.59. The number of ether oxygens (including phenoxy) is 2. The number of carbonyl (C=O) groups excluding carboxylic acids is 4. The van der Waals surface area contributed by atoms with Crippen LogP contribution in [0, 0.1) is 11.8 Å². The Morgan fingerprint density at radius 1 is 0.850 bits per heavy atom. The van der Waals surface area contributed by atoms with Gasteiger partial charge in [-0.2, -0.15) is 9.98 Å². The van der Waals surface area contributed by atoms with E-state index in [4.69, 9.17) is 9.47 Å². The average Bonchev–Trinajstić information content (AvgIpc) is 2.91. The summed E-state index contributed by atoms with van der Waals surface area (Å²) in [6.45, 7) is 8.40. The molecule has 1 N–H and O–H groups in total. The maximum absolute atomic E-state index is 14.0. The summed E-state index contributed by atoms with van der Waals surface area (Å²) in [7, 11) is 3.33. The number of hydrogen-bond donors (Lipinski definition) is 1. The smallest absolute Gasteiger partial charge is 0.340 e. The summed E-state index contributed by atoms with van der Waals surface area (Å²) in [6, 6.07) is 1.42. The number of aromatic hydroxyl groups is 1. The van der Waals surface area contributed by atoms with Crippen molar-refractivity contribution in [3.05, 3.63) is 6.07 Å². The number of hydrogen-bond acceptors (Lipinski definition) is 11. The minimum absolute atomic E-state index is 0.0805. The monoisotopic (exact) mass is 556 g/mol. The van der Waals surface area contributed by atoms with Crippen molar-refractivity contribution in [2.45, 2.75) is 83.7 Å². The molecular formula is C29H40N4O7. The zero-order valence-corrected chi connectivity index (χ0v) is 24.3. The average molecular weight is 557 g/mol. The fourth-order valence-electron chi connectivity index (χ4n) is 5.61. The number of carbonyl (C=O) groups is 2. The van der Waals surface area contributed by atoms with Crippen LogP contribution >= 0.6 is 0 Å². The summed E-state index contributed by atoms with van der Waals surface area (Å²) in [5, 5.41) is 11.2. The summed E-state index contributed by atoms with van der Waals surface area (Å²) < 4.78 is 12.0. The van der Waals surface area contributed by atoms with Crippen molar-refractivity contribution in [1.29, 1.82) is 0 Å². The second kappa shape index (κ2) is 12.7. The molecule has 40 heavy (non-hydrogen) atoms. The number of fused-ring (bicyclic) bond motifs is 2.